The lowest BCUT2D eigenvalue weighted by atomic mass is 10.1. The number of benzene rings is 2. The first-order valence-corrected chi connectivity index (χ1v) is 6.57. The molecule has 0 fully saturated rings. The smallest absolute Gasteiger partial charge is 0.159 e. The number of carbonyl (C=O) groups excluding carboxylic acids is 1. The number of halogens is 1. The first kappa shape index (κ1) is 16.9. The van der Waals surface area contributed by atoms with E-state index in [0.717, 1.165) is 17.0 Å². The summed E-state index contributed by atoms with van der Waals surface area (Å²) >= 11 is 0. The van der Waals surface area contributed by atoms with E-state index in [1.807, 2.05) is 43.3 Å². The Balaban J connectivity index is 0.00000220. The number of rotatable bonds is 5. The van der Waals surface area contributed by atoms with E-state index in [1.165, 1.54) is 0 Å². The van der Waals surface area contributed by atoms with Crippen LogP contribution in [0.4, 0.5) is 5.69 Å². The molecular formula is C17H18ClNO2. The maximum absolute atomic E-state index is 11.2. The highest BCUT2D eigenvalue weighted by atomic mass is 35.5. The molecule has 21 heavy (non-hydrogen) atoms. The van der Waals surface area contributed by atoms with E-state index in [0.29, 0.717) is 12.2 Å². The zero-order valence-corrected chi connectivity index (χ0v) is 12.9. The molecule has 2 aromatic rings. The van der Waals surface area contributed by atoms with E-state index >= 15 is 0 Å². The molecule has 0 saturated heterocycles. The summed E-state index contributed by atoms with van der Waals surface area (Å²) in [6.45, 7) is 4.17. The van der Waals surface area contributed by atoms with Crippen LogP contribution in [0.3, 0.4) is 0 Å². The monoisotopic (exact) mass is 303 g/mol. The van der Waals surface area contributed by atoms with Gasteiger partial charge in [0.25, 0.3) is 0 Å². The summed E-state index contributed by atoms with van der Waals surface area (Å²) in [4.78, 5) is 15.5. The van der Waals surface area contributed by atoms with Crippen LogP contribution in [-0.4, -0.2) is 18.6 Å². The Bertz CT molecular complexity index is 604. The van der Waals surface area contributed by atoms with Crippen LogP contribution in [0.2, 0.25) is 0 Å². The molecule has 110 valence electrons. The number of nitrogens with zero attached hydrogens (tertiary/aromatic N) is 1. The van der Waals surface area contributed by atoms with Crippen molar-refractivity contribution in [1.82, 2.24) is 0 Å². The molecule has 0 amide bonds. The summed E-state index contributed by atoms with van der Waals surface area (Å²) in [7, 11) is 0. The molecule has 0 spiro atoms. The van der Waals surface area contributed by atoms with E-state index in [-0.39, 0.29) is 18.2 Å². The molecule has 2 rings (SSSR count). The van der Waals surface area contributed by atoms with Crippen LogP contribution in [0, 0.1) is 0 Å². The van der Waals surface area contributed by atoms with Crippen molar-refractivity contribution >= 4 is 30.1 Å². The van der Waals surface area contributed by atoms with Crippen molar-refractivity contribution in [2.45, 2.75) is 13.8 Å². The third-order valence-electron chi connectivity index (χ3n) is 2.83. The van der Waals surface area contributed by atoms with Crippen LogP contribution in [0.15, 0.2) is 53.5 Å². The Labute approximate surface area is 131 Å². The average molecular weight is 304 g/mol. The van der Waals surface area contributed by atoms with Gasteiger partial charge in [0.2, 0.25) is 0 Å². The van der Waals surface area contributed by atoms with Gasteiger partial charge in [0.15, 0.2) is 5.78 Å². The summed E-state index contributed by atoms with van der Waals surface area (Å²) in [6, 6.07) is 15.0. The van der Waals surface area contributed by atoms with Crippen molar-refractivity contribution in [3.05, 3.63) is 59.7 Å². The fraction of sp³-hybridized carbons (Fsp3) is 0.176. The number of hydrogen-bond acceptors (Lipinski definition) is 3. The van der Waals surface area contributed by atoms with E-state index < -0.39 is 0 Å². The predicted octanol–water partition coefficient (Wildman–Crippen LogP) is 4.46. The van der Waals surface area contributed by atoms with Crippen molar-refractivity contribution in [2.24, 2.45) is 4.99 Å². The minimum absolute atomic E-state index is 0. The standard InChI is InChI=1S/C17H17NO2.ClH/c1-3-20-17-10-4-14(5-11-17)12-18-16-8-6-15(7-9-16)13(2)19;/h4-12H,3H2,1-2H3;1H. The van der Waals surface area contributed by atoms with Gasteiger partial charge in [-0.3, -0.25) is 9.79 Å². The van der Waals surface area contributed by atoms with Gasteiger partial charge in [-0.05, 0) is 67.9 Å². The van der Waals surface area contributed by atoms with Crippen LogP contribution in [0.25, 0.3) is 0 Å². The Morgan fingerprint density at radius 3 is 2.24 bits per heavy atom. The number of hydrogen-bond donors (Lipinski definition) is 0. The molecule has 0 aromatic heterocycles. The van der Waals surface area contributed by atoms with Gasteiger partial charge in [-0.2, -0.15) is 0 Å². The zero-order chi connectivity index (χ0) is 14.4. The molecule has 0 heterocycles. The fourth-order valence-electron chi connectivity index (χ4n) is 1.75. The van der Waals surface area contributed by atoms with Crippen LogP contribution in [0.1, 0.15) is 29.8 Å². The lowest BCUT2D eigenvalue weighted by molar-refractivity contribution is 0.101. The summed E-state index contributed by atoms with van der Waals surface area (Å²) in [5.74, 6) is 0.919. The van der Waals surface area contributed by atoms with Crippen molar-refractivity contribution in [3.63, 3.8) is 0 Å². The molecule has 0 N–H and O–H groups in total. The van der Waals surface area contributed by atoms with Gasteiger partial charge < -0.3 is 4.74 Å². The molecule has 3 nitrogen and oxygen atoms in total. The van der Waals surface area contributed by atoms with Gasteiger partial charge in [0.1, 0.15) is 5.75 Å². The maximum Gasteiger partial charge on any atom is 0.159 e. The Hall–Kier alpha value is -2.13. The molecular weight excluding hydrogens is 286 g/mol. The number of Topliss-reactive ketones (excluding diaryl/α,β-unsaturated/α-hetero) is 1. The molecule has 0 aliphatic heterocycles. The van der Waals surface area contributed by atoms with E-state index in [2.05, 4.69) is 4.99 Å². The summed E-state index contributed by atoms with van der Waals surface area (Å²) in [5, 5.41) is 0. The third kappa shape index (κ3) is 5.04. The predicted molar refractivity (Wildman–Crippen MR) is 88.6 cm³/mol. The van der Waals surface area contributed by atoms with Crippen molar-refractivity contribution in [1.29, 1.82) is 0 Å². The highest BCUT2D eigenvalue weighted by Gasteiger charge is 1.97. The van der Waals surface area contributed by atoms with Gasteiger partial charge in [-0.15, -0.1) is 12.4 Å². The normalized spacial score (nSPS) is 10.2. The number of aliphatic imine (C=N–C) groups is 1. The molecule has 0 bridgehead atoms. The van der Waals surface area contributed by atoms with Crippen LogP contribution in [0.5, 0.6) is 5.75 Å². The van der Waals surface area contributed by atoms with Gasteiger partial charge in [0.05, 0.1) is 12.3 Å². The highest BCUT2D eigenvalue weighted by Crippen LogP contribution is 2.15. The van der Waals surface area contributed by atoms with Crippen LogP contribution < -0.4 is 4.74 Å². The number of ketones is 1. The van der Waals surface area contributed by atoms with E-state index in [4.69, 9.17) is 4.74 Å². The molecule has 0 unspecified atom stereocenters. The molecule has 2 aromatic carbocycles. The van der Waals surface area contributed by atoms with Gasteiger partial charge in [0, 0.05) is 11.8 Å². The summed E-state index contributed by atoms with van der Waals surface area (Å²) in [5.41, 5.74) is 2.53. The molecule has 0 aliphatic rings. The summed E-state index contributed by atoms with van der Waals surface area (Å²) in [6.07, 6.45) is 1.79. The maximum atomic E-state index is 11.2. The minimum atomic E-state index is 0. The van der Waals surface area contributed by atoms with Crippen molar-refractivity contribution < 1.29 is 9.53 Å². The van der Waals surface area contributed by atoms with Crippen molar-refractivity contribution in [2.75, 3.05) is 6.61 Å². The second-order valence-electron chi connectivity index (χ2n) is 4.36. The van der Waals surface area contributed by atoms with Crippen molar-refractivity contribution in [3.8, 4) is 5.75 Å². The second kappa shape index (κ2) is 8.22. The lowest BCUT2D eigenvalue weighted by Crippen LogP contribution is -1.91. The second-order valence-corrected chi connectivity index (χ2v) is 4.36. The fourth-order valence-corrected chi connectivity index (χ4v) is 1.75. The quantitative estimate of drug-likeness (QED) is 0.604. The van der Waals surface area contributed by atoms with E-state index in [9.17, 15) is 4.79 Å². The number of carbonyl (C=O) groups is 1. The largest absolute Gasteiger partial charge is 0.494 e. The topological polar surface area (TPSA) is 38.7 Å². The summed E-state index contributed by atoms with van der Waals surface area (Å²) < 4.78 is 5.38. The lowest BCUT2D eigenvalue weighted by Gasteiger charge is -2.02. The Kier molecular flexibility index (Phi) is 6.63. The molecule has 0 saturated carbocycles. The van der Waals surface area contributed by atoms with E-state index in [1.54, 1.807) is 25.3 Å². The van der Waals surface area contributed by atoms with Gasteiger partial charge >= 0.3 is 0 Å². The molecule has 0 radical (unpaired) electrons. The Morgan fingerprint density at radius 1 is 1.10 bits per heavy atom. The minimum Gasteiger partial charge on any atom is -0.494 e. The first-order chi connectivity index (χ1) is 9.69. The zero-order valence-electron chi connectivity index (χ0n) is 12.1. The first-order valence-electron chi connectivity index (χ1n) is 6.57. The molecule has 0 atom stereocenters. The highest BCUT2D eigenvalue weighted by molar-refractivity contribution is 5.94. The molecule has 4 heteroatoms. The van der Waals surface area contributed by atoms with Gasteiger partial charge in [-0.1, -0.05) is 0 Å². The van der Waals surface area contributed by atoms with Gasteiger partial charge in [-0.25, -0.2) is 0 Å². The Morgan fingerprint density at radius 2 is 1.71 bits per heavy atom. The SMILES string of the molecule is CCOc1ccc(C=Nc2ccc(C(C)=O)cc2)cc1.Cl. The van der Waals surface area contributed by atoms with Crippen LogP contribution >= 0.6 is 12.4 Å². The average Bonchev–Trinajstić information content (AvgIpc) is 2.47. The van der Waals surface area contributed by atoms with Crippen LogP contribution in [-0.2, 0) is 0 Å². The molecule has 0 aliphatic carbocycles. The number of ether oxygens (including phenoxy) is 1. The third-order valence-corrected chi connectivity index (χ3v) is 2.83.